The lowest BCUT2D eigenvalue weighted by Crippen LogP contribution is -2.36. The van der Waals surface area contributed by atoms with Crippen molar-refractivity contribution in [3.8, 4) is 0 Å². The molecule has 0 fully saturated rings. The zero-order valence-corrected chi connectivity index (χ0v) is 11.3. The third kappa shape index (κ3) is 6.68. The quantitative estimate of drug-likeness (QED) is 0.459. The fourth-order valence-electron chi connectivity index (χ4n) is 0.546. The lowest BCUT2D eigenvalue weighted by atomic mass is 9.96. The highest BCUT2D eigenvalue weighted by atomic mass is 32.2. The first-order valence-corrected chi connectivity index (χ1v) is 6.49. The molecule has 0 saturated carbocycles. The largest absolute Gasteiger partial charge is 0.311 e. The molecule has 0 aromatic carbocycles. The SMILES string of the molecule is CC(C)(C)C(=O)NC(=S)SCCCS. The van der Waals surface area contributed by atoms with Crippen molar-refractivity contribution in [3.63, 3.8) is 0 Å². The normalized spacial score (nSPS) is 11.1. The molecule has 0 heterocycles. The Morgan fingerprint density at radius 2 is 2.07 bits per heavy atom. The van der Waals surface area contributed by atoms with E-state index in [9.17, 15) is 4.79 Å². The number of nitrogens with one attached hydrogen (secondary N) is 1. The van der Waals surface area contributed by atoms with Gasteiger partial charge in [0.05, 0.1) is 0 Å². The first-order valence-electron chi connectivity index (χ1n) is 4.47. The second-order valence-electron chi connectivity index (χ2n) is 3.92. The first kappa shape index (κ1) is 14.3. The monoisotopic (exact) mass is 251 g/mol. The molecule has 0 spiro atoms. The maximum Gasteiger partial charge on any atom is 0.230 e. The highest BCUT2D eigenvalue weighted by Crippen LogP contribution is 2.14. The lowest BCUT2D eigenvalue weighted by molar-refractivity contribution is -0.126. The predicted octanol–water partition coefficient (Wildman–Crippen LogP) is 2.49. The van der Waals surface area contributed by atoms with Gasteiger partial charge in [0.2, 0.25) is 5.91 Å². The van der Waals surface area contributed by atoms with Gasteiger partial charge in [-0.25, -0.2) is 0 Å². The fourth-order valence-corrected chi connectivity index (χ4v) is 1.90. The maximum atomic E-state index is 11.5. The molecule has 0 aromatic heterocycles. The second kappa shape index (κ2) is 6.69. The summed E-state index contributed by atoms with van der Waals surface area (Å²) in [5, 5.41) is 2.71. The molecule has 82 valence electrons. The van der Waals surface area contributed by atoms with Crippen LogP contribution in [0.2, 0.25) is 0 Å². The minimum atomic E-state index is -0.381. The average molecular weight is 251 g/mol. The topological polar surface area (TPSA) is 29.1 Å². The van der Waals surface area contributed by atoms with Crippen molar-refractivity contribution in [2.75, 3.05) is 11.5 Å². The minimum Gasteiger partial charge on any atom is -0.311 e. The van der Waals surface area contributed by atoms with Gasteiger partial charge in [0, 0.05) is 11.2 Å². The van der Waals surface area contributed by atoms with Crippen molar-refractivity contribution >= 4 is 46.8 Å². The van der Waals surface area contributed by atoms with Crippen molar-refractivity contribution in [1.29, 1.82) is 0 Å². The molecule has 0 radical (unpaired) electrons. The molecule has 0 bridgehead atoms. The Morgan fingerprint density at radius 3 is 2.50 bits per heavy atom. The van der Waals surface area contributed by atoms with Gasteiger partial charge in [-0.1, -0.05) is 44.8 Å². The third-order valence-electron chi connectivity index (χ3n) is 1.43. The number of thiocarbonyl (C=S) groups is 1. The van der Waals surface area contributed by atoms with Gasteiger partial charge in [0.15, 0.2) is 0 Å². The molecule has 0 rings (SSSR count). The Kier molecular flexibility index (Phi) is 6.81. The van der Waals surface area contributed by atoms with Crippen LogP contribution in [-0.2, 0) is 4.79 Å². The smallest absolute Gasteiger partial charge is 0.230 e. The molecule has 0 aliphatic heterocycles. The Bertz CT molecular complexity index is 211. The fraction of sp³-hybridized carbons (Fsp3) is 0.778. The van der Waals surface area contributed by atoms with Gasteiger partial charge in [0.25, 0.3) is 0 Å². The number of thiol groups is 1. The molecule has 2 nitrogen and oxygen atoms in total. The van der Waals surface area contributed by atoms with E-state index in [2.05, 4.69) is 17.9 Å². The van der Waals surface area contributed by atoms with Crippen LogP contribution in [0.3, 0.4) is 0 Å². The van der Waals surface area contributed by atoms with Gasteiger partial charge in [-0.05, 0) is 12.2 Å². The first-order chi connectivity index (χ1) is 6.38. The van der Waals surface area contributed by atoms with Crippen LogP contribution in [0.4, 0.5) is 0 Å². The summed E-state index contributed by atoms with van der Waals surface area (Å²) in [6, 6.07) is 0. The van der Waals surface area contributed by atoms with Crippen molar-refractivity contribution < 1.29 is 4.79 Å². The summed E-state index contributed by atoms with van der Waals surface area (Å²) in [7, 11) is 0. The summed E-state index contributed by atoms with van der Waals surface area (Å²) in [6.07, 6.45) is 0.999. The van der Waals surface area contributed by atoms with Crippen LogP contribution in [0, 0.1) is 5.41 Å². The van der Waals surface area contributed by atoms with E-state index in [0.29, 0.717) is 4.32 Å². The van der Waals surface area contributed by atoms with Crippen LogP contribution in [0.5, 0.6) is 0 Å². The molecular weight excluding hydrogens is 234 g/mol. The molecule has 0 atom stereocenters. The van der Waals surface area contributed by atoms with Crippen LogP contribution in [0.1, 0.15) is 27.2 Å². The van der Waals surface area contributed by atoms with E-state index in [4.69, 9.17) is 12.2 Å². The molecule has 5 heteroatoms. The number of rotatable bonds is 3. The molecule has 0 aromatic rings. The van der Waals surface area contributed by atoms with E-state index in [1.165, 1.54) is 11.8 Å². The van der Waals surface area contributed by atoms with Crippen LogP contribution in [0.25, 0.3) is 0 Å². The maximum absolute atomic E-state index is 11.5. The number of amides is 1. The van der Waals surface area contributed by atoms with Crippen LogP contribution < -0.4 is 5.32 Å². The van der Waals surface area contributed by atoms with Gasteiger partial charge >= 0.3 is 0 Å². The number of carbonyl (C=O) groups is 1. The second-order valence-corrected chi connectivity index (χ2v) is 6.14. The van der Waals surface area contributed by atoms with Crippen LogP contribution in [0.15, 0.2) is 0 Å². The van der Waals surface area contributed by atoms with E-state index in [-0.39, 0.29) is 11.3 Å². The zero-order valence-electron chi connectivity index (χ0n) is 8.79. The molecule has 14 heavy (non-hydrogen) atoms. The van der Waals surface area contributed by atoms with Crippen molar-refractivity contribution in [1.82, 2.24) is 5.32 Å². The van der Waals surface area contributed by atoms with E-state index in [0.717, 1.165) is 17.9 Å². The molecule has 0 saturated heterocycles. The number of hydrogen-bond donors (Lipinski definition) is 2. The molecule has 0 aliphatic carbocycles. The van der Waals surface area contributed by atoms with Crippen molar-refractivity contribution in [3.05, 3.63) is 0 Å². The number of hydrogen-bond acceptors (Lipinski definition) is 4. The third-order valence-corrected chi connectivity index (χ3v) is 3.06. The summed E-state index contributed by atoms with van der Waals surface area (Å²) in [4.78, 5) is 11.5. The average Bonchev–Trinajstić information content (AvgIpc) is 2.03. The highest BCUT2D eigenvalue weighted by molar-refractivity contribution is 8.23. The van der Waals surface area contributed by atoms with Crippen molar-refractivity contribution in [2.45, 2.75) is 27.2 Å². The lowest BCUT2D eigenvalue weighted by Gasteiger charge is -2.17. The zero-order chi connectivity index (χ0) is 11.2. The summed E-state index contributed by atoms with van der Waals surface area (Å²) < 4.78 is 0.562. The van der Waals surface area contributed by atoms with Crippen molar-refractivity contribution in [2.24, 2.45) is 5.41 Å². The van der Waals surface area contributed by atoms with Gasteiger partial charge in [-0.15, -0.1) is 0 Å². The summed E-state index contributed by atoms with van der Waals surface area (Å²) in [6.45, 7) is 5.59. The summed E-state index contributed by atoms with van der Waals surface area (Å²) in [5.74, 6) is 1.73. The van der Waals surface area contributed by atoms with E-state index < -0.39 is 0 Å². The van der Waals surface area contributed by atoms with Gasteiger partial charge in [-0.3, -0.25) is 4.79 Å². The van der Waals surface area contributed by atoms with Gasteiger partial charge < -0.3 is 5.32 Å². The summed E-state index contributed by atoms with van der Waals surface area (Å²) >= 11 is 10.6. The Labute approximate surface area is 101 Å². The Balaban J connectivity index is 3.78. The van der Waals surface area contributed by atoms with E-state index >= 15 is 0 Å². The Morgan fingerprint density at radius 1 is 1.50 bits per heavy atom. The van der Waals surface area contributed by atoms with E-state index in [1.807, 2.05) is 20.8 Å². The van der Waals surface area contributed by atoms with Gasteiger partial charge in [-0.2, -0.15) is 12.6 Å². The van der Waals surface area contributed by atoms with E-state index in [1.54, 1.807) is 0 Å². The predicted molar refractivity (Wildman–Crippen MR) is 71.1 cm³/mol. The Hall–Kier alpha value is 0.260. The molecule has 1 amide bonds. The standard InChI is InChI=1S/C9H17NOS3/c1-9(2,3)7(11)10-8(13)14-6-4-5-12/h12H,4-6H2,1-3H3,(H,10,11,13). The number of thioether (sulfide) groups is 1. The minimum absolute atomic E-state index is 0.0270. The highest BCUT2D eigenvalue weighted by Gasteiger charge is 2.21. The molecule has 0 aliphatic rings. The molecular formula is C9H17NOS3. The molecule has 0 unspecified atom stereocenters. The molecule has 1 N–H and O–H groups in total. The number of carbonyl (C=O) groups excluding carboxylic acids is 1. The summed E-state index contributed by atoms with van der Waals surface area (Å²) in [5.41, 5.74) is -0.381. The van der Waals surface area contributed by atoms with Crippen LogP contribution >= 0.6 is 36.6 Å². The van der Waals surface area contributed by atoms with Crippen LogP contribution in [-0.4, -0.2) is 21.7 Å². The van der Waals surface area contributed by atoms with Gasteiger partial charge in [0.1, 0.15) is 4.32 Å².